The largest absolute Gasteiger partial charge is 0.381 e. The zero-order valence-corrected chi connectivity index (χ0v) is 15.1. The van der Waals surface area contributed by atoms with Crippen LogP contribution >= 0.6 is 0 Å². The Kier molecular flexibility index (Phi) is 5.19. The Morgan fingerprint density at radius 1 is 0.846 bits per heavy atom. The van der Waals surface area contributed by atoms with Crippen molar-refractivity contribution in [3.8, 4) is 0 Å². The second kappa shape index (κ2) is 7.54. The first-order valence-electron chi connectivity index (χ1n) is 8.69. The van der Waals surface area contributed by atoms with Gasteiger partial charge < -0.3 is 10.4 Å². The summed E-state index contributed by atoms with van der Waals surface area (Å²) in [5.41, 5.74) is 2.43. The lowest BCUT2D eigenvalue weighted by molar-refractivity contribution is 0.0364. The highest BCUT2D eigenvalue weighted by Gasteiger charge is 2.38. The standard InChI is InChI=1S/C23H23NO2/c1-17-8-12-19(13-9-17)22(25)23(26,20-14-10-18(2)11-15-20)16-24-21-6-4-3-5-7-21/h3-15,24,26H,16H2,1-2H3/t23-/m1/s1. The average Bonchev–Trinajstić information content (AvgIpc) is 2.67. The summed E-state index contributed by atoms with van der Waals surface area (Å²) in [6.45, 7) is 4.04. The Bertz CT molecular complexity index is 870. The summed E-state index contributed by atoms with van der Waals surface area (Å²) in [6, 6.07) is 24.3. The molecule has 0 saturated heterocycles. The topological polar surface area (TPSA) is 49.3 Å². The van der Waals surface area contributed by atoms with Gasteiger partial charge >= 0.3 is 0 Å². The number of hydrogen-bond acceptors (Lipinski definition) is 3. The molecule has 0 fully saturated rings. The molecule has 0 radical (unpaired) electrons. The summed E-state index contributed by atoms with van der Waals surface area (Å²) < 4.78 is 0. The van der Waals surface area contributed by atoms with Crippen LogP contribution in [-0.2, 0) is 5.60 Å². The molecule has 0 aliphatic rings. The molecule has 3 nitrogen and oxygen atoms in total. The Hall–Kier alpha value is -2.91. The van der Waals surface area contributed by atoms with Gasteiger partial charge in [-0.1, -0.05) is 77.9 Å². The molecule has 0 aliphatic heterocycles. The number of aryl methyl sites for hydroxylation is 2. The average molecular weight is 345 g/mol. The van der Waals surface area contributed by atoms with E-state index in [9.17, 15) is 9.90 Å². The normalized spacial score (nSPS) is 13.0. The van der Waals surface area contributed by atoms with Crippen molar-refractivity contribution in [1.82, 2.24) is 0 Å². The molecule has 0 unspecified atom stereocenters. The highest BCUT2D eigenvalue weighted by Crippen LogP contribution is 2.27. The first-order valence-corrected chi connectivity index (χ1v) is 8.69. The summed E-state index contributed by atoms with van der Waals surface area (Å²) in [4.78, 5) is 13.2. The maximum Gasteiger partial charge on any atom is 0.200 e. The Morgan fingerprint density at radius 3 is 1.96 bits per heavy atom. The predicted molar refractivity (Wildman–Crippen MR) is 106 cm³/mol. The van der Waals surface area contributed by atoms with Crippen LogP contribution in [0.4, 0.5) is 5.69 Å². The molecule has 132 valence electrons. The van der Waals surface area contributed by atoms with Gasteiger partial charge in [0.2, 0.25) is 5.78 Å². The van der Waals surface area contributed by atoms with Crippen molar-refractivity contribution >= 4 is 11.5 Å². The number of aliphatic hydroxyl groups is 1. The summed E-state index contributed by atoms with van der Waals surface area (Å²) in [5, 5.41) is 14.6. The van der Waals surface area contributed by atoms with Crippen molar-refractivity contribution < 1.29 is 9.90 Å². The number of benzene rings is 3. The van der Waals surface area contributed by atoms with Gasteiger partial charge in [0.25, 0.3) is 0 Å². The summed E-state index contributed by atoms with van der Waals surface area (Å²) in [7, 11) is 0. The summed E-state index contributed by atoms with van der Waals surface area (Å²) in [5.74, 6) is -0.315. The fraction of sp³-hybridized carbons (Fsp3) is 0.174. The van der Waals surface area contributed by atoms with E-state index in [0.717, 1.165) is 16.8 Å². The van der Waals surface area contributed by atoms with E-state index < -0.39 is 5.60 Å². The highest BCUT2D eigenvalue weighted by molar-refractivity contribution is 6.03. The molecule has 3 aromatic rings. The smallest absolute Gasteiger partial charge is 0.200 e. The maximum atomic E-state index is 13.2. The van der Waals surface area contributed by atoms with Crippen LogP contribution in [0.15, 0.2) is 78.9 Å². The van der Waals surface area contributed by atoms with Crippen molar-refractivity contribution in [2.24, 2.45) is 0 Å². The van der Waals surface area contributed by atoms with Gasteiger partial charge in [0.05, 0.1) is 6.54 Å². The van der Waals surface area contributed by atoms with Crippen molar-refractivity contribution in [2.45, 2.75) is 19.4 Å². The predicted octanol–water partition coefficient (Wildman–Crippen LogP) is 4.49. The van der Waals surface area contributed by atoms with E-state index >= 15 is 0 Å². The van der Waals surface area contributed by atoms with Gasteiger partial charge in [0.1, 0.15) is 0 Å². The number of nitrogens with one attached hydrogen (secondary N) is 1. The van der Waals surface area contributed by atoms with Crippen LogP contribution in [0, 0.1) is 13.8 Å². The van der Waals surface area contributed by atoms with E-state index in [1.165, 1.54) is 0 Å². The second-order valence-electron chi connectivity index (χ2n) is 6.64. The number of carbonyl (C=O) groups excluding carboxylic acids is 1. The molecule has 1 atom stereocenters. The van der Waals surface area contributed by atoms with Crippen LogP contribution in [-0.4, -0.2) is 17.4 Å². The summed E-state index contributed by atoms with van der Waals surface area (Å²) in [6.07, 6.45) is 0. The molecule has 0 saturated carbocycles. The van der Waals surface area contributed by atoms with Gasteiger partial charge in [-0.3, -0.25) is 4.79 Å². The molecule has 0 bridgehead atoms. The lowest BCUT2D eigenvalue weighted by Gasteiger charge is -2.28. The van der Waals surface area contributed by atoms with Gasteiger partial charge in [-0.2, -0.15) is 0 Å². The van der Waals surface area contributed by atoms with E-state index in [2.05, 4.69) is 5.32 Å². The molecule has 0 heterocycles. The zero-order chi connectivity index (χ0) is 18.6. The molecular weight excluding hydrogens is 322 g/mol. The molecule has 0 aromatic heterocycles. The molecule has 3 rings (SSSR count). The number of para-hydroxylation sites is 1. The Morgan fingerprint density at radius 2 is 1.38 bits per heavy atom. The summed E-state index contributed by atoms with van der Waals surface area (Å²) >= 11 is 0. The van der Waals surface area contributed by atoms with Crippen molar-refractivity contribution in [3.63, 3.8) is 0 Å². The molecule has 2 N–H and O–H groups in total. The van der Waals surface area contributed by atoms with Crippen LogP contribution in [0.1, 0.15) is 27.0 Å². The number of ketones is 1. The number of hydrogen-bond donors (Lipinski definition) is 2. The molecule has 0 amide bonds. The maximum absolute atomic E-state index is 13.2. The number of rotatable bonds is 6. The van der Waals surface area contributed by atoms with Crippen molar-refractivity contribution in [2.75, 3.05) is 11.9 Å². The van der Waals surface area contributed by atoms with Gasteiger partial charge in [0.15, 0.2) is 5.60 Å². The fourth-order valence-electron chi connectivity index (χ4n) is 2.87. The van der Waals surface area contributed by atoms with Crippen LogP contribution in [0.2, 0.25) is 0 Å². The molecular formula is C23H23NO2. The molecule has 26 heavy (non-hydrogen) atoms. The molecule has 0 spiro atoms. The molecule has 0 aliphatic carbocycles. The lowest BCUT2D eigenvalue weighted by Crippen LogP contribution is -2.42. The zero-order valence-electron chi connectivity index (χ0n) is 15.1. The lowest BCUT2D eigenvalue weighted by atomic mass is 9.85. The number of anilines is 1. The minimum Gasteiger partial charge on any atom is -0.381 e. The number of carbonyl (C=O) groups is 1. The molecule has 3 heteroatoms. The van der Waals surface area contributed by atoms with Gasteiger partial charge in [0, 0.05) is 11.3 Å². The first kappa shape index (κ1) is 17.9. The van der Waals surface area contributed by atoms with E-state index in [4.69, 9.17) is 0 Å². The van der Waals surface area contributed by atoms with Crippen molar-refractivity contribution in [1.29, 1.82) is 0 Å². The SMILES string of the molecule is Cc1ccc(C(=O)[C@@](O)(CNc2ccccc2)c2ccc(C)cc2)cc1. The third kappa shape index (κ3) is 3.84. The monoisotopic (exact) mass is 345 g/mol. The minimum absolute atomic E-state index is 0.0901. The molecule has 3 aromatic carbocycles. The van der Waals surface area contributed by atoms with Crippen LogP contribution in [0.5, 0.6) is 0 Å². The Balaban J connectivity index is 1.96. The van der Waals surface area contributed by atoms with E-state index in [0.29, 0.717) is 11.1 Å². The number of Topliss-reactive ketones (excluding diaryl/α,β-unsaturated/α-hetero) is 1. The minimum atomic E-state index is -1.65. The highest BCUT2D eigenvalue weighted by atomic mass is 16.3. The van der Waals surface area contributed by atoms with E-state index in [1.807, 2.05) is 80.6 Å². The van der Waals surface area contributed by atoms with Gasteiger partial charge in [-0.05, 0) is 31.5 Å². The quantitative estimate of drug-likeness (QED) is 0.647. The fourth-order valence-corrected chi connectivity index (χ4v) is 2.87. The Labute approximate surface area is 154 Å². The van der Waals surface area contributed by atoms with E-state index in [-0.39, 0.29) is 12.3 Å². The van der Waals surface area contributed by atoms with Crippen LogP contribution in [0.25, 0.3) is 0 Å². The van der Waals surface area contributed by atoms with E-state index in [1.54, 1.807) is 12.1 Å². The van der Waals surface area contributed by atoms with Crippen molar-refractivity contribution in [3.05, 3.63) is 101 Å². The van der Waals surface area contributed by atoms with Crippen LogP contribution < -0.4 is 5.32 Å². The van der Waals surface area contributed by atoms with Crippen LogP contribution in [0.3, 0.4) is 0 Å². The third-order valence-corrected chi connectivity index (χ3v) is 4.54. The third-order valence-electron chi connectivity index (χ3n) is 4.54. The van der Waals surface area contributed by atoms with Gasteiger partial charge in [-0.25, -0.2) is 0 Å². The first-order chi connectivity index (χ1) is 12.5. The second-order valence-corrected chi connectivity index (χ2v) is 6.64. The van der Waals surface area contributed by atoms with Gasteiger partial charge in [-0.15, -0.1) is 0 Å².